The van der Waals surface area contributed by atoms with Gasteiger partial charge >= 0.3 is 0 Å². The molecule has 0 atom stereocenters. The second-order valence-corrected chi connectivity index (χ2v) is 18.7. The van der Waals surface area contributed by atoms with Crippen molar-refractivity contribution in [2.75, 3.05) is 37.0 Å². The third kappa shape index (κ3) is 10.1. The Balaban J connectivity index is 0.000000158. The standard InChI is InChI=1S/2C22H25Cl2FN6/c2*23-18-12-16(25)6-5-15(18)11-14-7-9-30(10-8-14)29-20-19-21(28-22(24)27-20)31(13-26-19)17-3-1-2-4-17/h2*5-6,12-14,17H,1-4,7-11H2,(H,27,28,29). The van der Waals surface area contributed by atoms with Gasteiger partial charge in [-0.3, -0.25) is 0 Å². The molecule has 2 N–H and O–H groups in total. The summed E-state index contributed by atoms with van der Waals surface area (Å²) in [5.74, 6) is 1.75. The van der Waals surface area contributed by atoms with Gasteiger partial charge in [-0.25, -0.2) is 28.8 Å². The van der Waals surface area contributed by atoms with Gasteiger partial charge in [0.1, 0.15) is 11.6 Å². The molecule has 4 aliphatic rings. The van der Waals surface area contributed by atoms with Crippen molar-refractivity contribution in [3.05, 3.63) is 92.4 Å². The minimum absolute atomic E-state index is 0.232. The van der Waals surface area contributed by atoms with Crippen molar-refractivity contribution in [1.29, 1.82) is 0 Å². The summed E-state index contributed by atoms with van der Waals surface area (Å²) in [6.45, 7) is 3.48. The van der Waals surface area contributed by atoms with Crippen molar-refractivity contribution in [1.82, 2.24) is 49.1 Å². The molecule has 0 bridgehead atoms. The molecule has 18 heteroatoms. The first-order chi connectivity index (χ1) is 30.1. The summed E-state index contributed by atoms with van der Waals surface area (Å²) in [4.78, 5) is 27.0. The summed E-state index contributed by atoms with van der Waals surface area (Å²) < 4.78 is 30.9. The fraction of sp³-hybridized carbons (Fsp3) is 0.500. The molecule has 6 aromatic rings. The van der Waals surface area contributed by atoms with E-state index >= 15 is 0 Å². The van der Waals surface area contributed by atoms with E-state index in [0.717, 1.165) is 124 Å². The van der Waals surface area contributed by atoms with Crippen LogP contribution >= 0.6 is 46.4 Å². The number of halogens is 6. The molecule has 2 aliphatic carbocycles. The number of nitrogens with one attached hydrogen (secondary N) is 2. The minimum atomic E-state index is -0.294. The first-order valence-electron chi connectivity index (χ1n) is 21.8. The lowest BCUT2D eigenvalue weighted by molar-refractivity contribution is 0.216. The summed E-state index contributed by atoms with van der Waals surface area (Å²) in [6.07, 6.45) is 19.1. The summed E-state index contributed by atoms with van der Waals surface area (Å²) >= 11 is 24.9. The molecule has 0 amide bonds. The fourth-order valence-electron chi connectivity index (χ4n) is 9.63. The molecule has 0 spiro atoms. The topological polar surface area (TPSA) is 118 Å². The van der Waals surface area contributed by atoms with E-state index in [2.05, 4.69) is 59.9 Å². The van der Waals surface area contributed by atoms with Gasteiger partial charge in [-0.1, -0.05) is 61.0 Å². The van der Waals surface area contributed by atoms with Crippen LogP contribution in [0.1, 0.15) is 100 Å². The number of aromatic nitrogens is 8. The third-order valence-electron chi connectivity index (χ3n) is 13.0. The van der Waals surface area contributed by atoms with Gasteiger partial charge in [0.25, 0.3) is 0 Å². The summed E-state index contributed by atoms with van der Waals surface area (Å²) in [7, 11) is 0. The number of benzene rings is 2. The van der Waals surface area contributed by atoms with Crippen molar-refractivity contribution in [3.63, 3.8) is 0 Å². The molecule has 2 aromatic carbocycles. The van der Waals surface area contributed by atoms with Gasteiger partial charge in [0.05, 0.1) is 12.7 Å². The first-order valence-corrected chi connectivity index (χ1v) is 23.4. The van der Waals surface area contributed by atoms with Crippen molar-refractivity contribution >= 4 is 80.4 Å². The maximum absolute atomic E-state index is 13.3. The predicted molar refractivity (Wildman–Crippen MR) is 242 cm³/mol. The van der Waals surface area contributed by atoms with Crippen molar-refractivity contribution < 1.29 is 8.78 Å². The van der Waals surface area contributed by atoms with Gasteiger partial charge in [0.15, 0.2) is 34.0 Å². The van der Waals surface area contributed by atoms with Gasteiger partial charge in [-0.15, -0.1) is 0 Å². The number of rotatable bonds is 10. The van der Waals surface area contributed by atoms with E-state index in [9.17, 15) is 8.78 Å². The summed E-state index contributed by atoms with van der Waals surface area (Å²) in [5.41, 5.74) is 12.0. The molecule has 2 saturated heterocycles. The Labute approximate surface area is 379 Å². The normalized spacial score (nSPS) is 18.8. The molecule has 4 fully saturated rings. The molecule has 0 unspecified atom stereocenters. The van der Waals surface area contributed by atoms with Gasteiger partial charge in [0.2, 0.25) is 10.6 Å². The van der Waals surface area contributed by atoms with Crippen LogP contribution in [0.25, 0.3) is 22.3 Å². The van der Waals surface area contributed by atoms with Crippen molar-refractivity contribution in [2.24, 2.45) is 11.8 Å². The highest BCUT2D eigenvalue weighted by atomic mass is 35.5. The highest BCUT2D eigenvalue weighted by Crippen LogP contribution is 2.36. The van der Waals surface area contributed by atoms with E-state index in [1.54, 1.807) is 12.1 Å². The second kappa shape index (κ2) is 19.4. The van der Waals surface area contributed by atoms with Crippen molar-refractivity contribution in [3.8, 4) is 0 Å². The Kier molecular flexibility index (Phi) is 13.6. The van der Waals surface area contributed by atoms with Crippen LogP contribution in [-0.4, -0.2) is 75.2 Å². The molecule has 4 aromatic heterocycles. The lowest BCUT2D eigenvalue weighted by Crippen LogP contribution is -2.38. The summed E-state index contributed by atoms with van der Waals surface area (Å²) in [5, 5.41) is 5.81. The molecule has 0 radical (unpaired) electrons. The number of nitrogens with zero attached hydrogens (tertiary/aromatic N) is 10. The number of piperidine rings is 2. The maximum atomic E-state index is 13.3. The highest BCUT2D eigenvalue weighted by Gasteiger charge is 2.27. The SMILES string of the molecule is Fc1ccc(CC2CCN(Nc3nc(Cl)nc4c3ncn4C3CCCC3)CC2)c(Cl)c1.Fc1ccc(CC2CCN(Nc3nc(Cl)nc4c3ncn4C3CCCC3)CC2)c(Cl)c1. The molecule has 2 saturated carbocycles. The van der Waals surface area contributed by atoms with Gasteiger partial charge in [-0.2, -0.15) is 19.9 Å². The number of anilines is 2. The Bertz CT molecular complexity index is 2320. The predicted octanol–water partition coefficient (Wildman–Crippen LogP) is 11.3. The van der Waals surface area contributed by atoms with E-state index in [4.69, 9.17) is 46.4 Å². The van der Waals surface area contributed by atoms with Gasteiger partial charge in [0, 0.05) is 48.3 Å². The molecule has 6 heterocycles. The highest BCUT2D eigenvalue weighted by molar-refractivity contribution is 6.31. The molecule has 328 valence electrons. The van der Waals surface area contributed by atoms with Gasteiger partial charge < -0.3 is 20.0 Å². The average Bonchev–Trinajstić information content (AvgIpc) is 4.10. The van der Waals surface area contributed by atoms with Gasteiger partial charge in [-0.05, 0) is 135 Å². The lowest BCUT2D eigenvalue weighted by Gasteiger charge is -2.32. The molecule has 62 heavy (non-hydrogen) atoms. The third-order valence-corrected chi connectivity index (χ3v) is 14.1. The van der Waals surface area contributed by atoms with Crippen LogP contribution in [0.5, 0.6) is 0 Å². The first kappa shape index (κ1) is 43.3. The molecule has 2 aliphatic heterocycles. The zero-order chi connectivity index (χ0) is 42.7. The molecule has 12 nitrogen and oxygen atoms in total. The molecular formula is C44H50Cl4F2N12. The van der Waals surface area contributed by atoms with Crippen LogP contribution in [0.15, 0.2) is 49.1 Å². The van der Waals surface area contributed by atoms with Crippen LogP contribution in [0.4, 0.5) is 20.4 Å². The fourth-order valence-corrected chi connectivity index (χ4v) is 10.4. The monoisotopic (exact) mass is 924 g/mol. The number of fused-ring (bicyclic) bond motifs is 2. The Morgan fingerprint density at radius 2 is 0.919 bits per heavy atom. The quantitative estimate of drug-likeness (QED) is 0.129. The lowest BCUT2D eigenvalue weighted by atomic mass is 9.90. The summed E-state index contributed by atoms with van der Waals surface area (Å²) in [6, 6.07) is 10.2. The number of hydrazine groups is 2. The van der Waals surface area contributed by atoms with Crippen LogP contribution < -0.4 is 10.9 Å². The van der Waals surface area contributed by atoms with Crippen molar-refractivity contribution in [2.45, 2.75) is 102 Å². The number of imidazole rings is 2. The van der Waals surface area contributed by atoms with Crippen LogP contribution in [0.2, 0.25) is 20.6 Å². The van der Waals surface area contributed by atoms with E-state index < -0.39 is 0 Å². The van der Waals surface area contributed by atoms with E-state index in [0.29, 0.717) is 45.6 Å². The second-order valence-electron chi connectivity index (χ2n) is 17.2. The Morgan fingerprint density at radius 3 is 1.29 bits per heavy atom. The maximum Gasteiger partial charge on any atom is 0.226 e. The smallest absolute Gasteiger partial charge is 0.226 e. The zero-order valence-electron chi connectivity index (χ0n) is 34.4. The number of hydrogen-bond acceptors (Lipinski definition) is 10. The van der Waals surface area contributed by atoms with E-state index in [-0.39, 0.29) is 22.2 Å². The largest absolute Gasteiger partial charge is 0.312 e. The van der Waals surface area contributed by atoms with E-state index in [1.165, 1.54) is 49.9 Å². The minimum Gasteiger partial charge on any atom is -0.312 e. The Hall–Kier alpha value is -3.92. The number of hydrogen-bond donors (Lipinski definition) is 2. The average molecular weight is 927 g/mol. The van der Waals surface area contributed by atoms with Crippen LogP contribution in [0.3, 0.4) is 0 Å². The molecular weight excluding hydrogens is 876 g/mol. The molecule has 10 rings (SSSR count). The Morgan fingerprint density at radius 1 is 0.532 bits per heavy atom. The van der Waals surface area contributed by atoms with Crippen LogP contribution in [0, 0.1) is 23.5 Å². The zero-order valence-corrected chi connectivity index (χ0v) is 37.4. The van der Waals surface area contributed by atoms with E-state index in [1.807, 2.05) is 12.7 Å². The van der Waals surface area contributed by atoms with Crippen LogP contribution in [-0.2, 0) is 12.8 Å².